The number of carbonyl (C=O) groups is 4. The van der Waals surface area contributed by atoms with Crippen molar-refractivity contribution in [3.8, 4) is 0 Å². The predicted molar refractivity (Wildman–Crippen MR) is 146 cm³/mol. The lowest BCUT2D eigenvalue weighted by Gasteiger charge is -2.27. The van der Waals surface area contributed by atoms with Gasteiger partial charge in [-0.3, -0.25) is 29.1 Å². The molecule has 0 bridgehead atoms. The number of epoxide rings is 1. The van der Waals surface area contributed by atoms with Gasteiger partial charge in [0.25, 0.3) is 0 Å². The fraction of sp³-hybridized carbons (Fsp3) is 0.483. The standard InChI is InChI=1S/C29H37N5O6/c1-20(31-25(35)18-34-12-14-39-15-13-34)27(37)33-24(17-22-10-6-7-11-30-22)28(38)32-23(26(36)29(2)19-40-29)16-21-8-4-3-5-9-21/h3-11,20,23-24H,12-19H2,1-2H3,(H,31,35)(H,32,38)(H,33,37)/t20-,23?,24-,29+/m0/s1. The Morgan fingerprint density at radius 1 is 0.925 bits per heavy atom. The van der Waals surface area contributed by atoms with E-state index in [9.17, 15) is 19.2 Å². The van der Waals surface area contributed by atoms with Gasteiger partial charge in [-0.2, -0.15) is 0 Å². The van der Waals surface area contributed by atoms with E-state index in [0.29, 0.717) is 38.6 Å². The van der Waals surface area contributed by atoms with Gasteiger partial charge in [-0.1, -0.05) is 36.4 Å². The van der Waals surface area contributed by atoms with Crippen molar-refractivity contribution in [1.82, 2.24) is 25.8 Å². The molecule has 0 spiro atoms. The van der Waals surface area contributed by atoms with E-state index in [2.05, 4.69) is 20.9 Å². The van der Waals surface area contributed by atoms with Crippen molar-refractivity contribution < 1.29 is 28.7 Å². The minimum Gasteiger partial charge on any atom is -0.379 e. The highest BCUT2D eigenvalue weighted by molar-refractivity contribution is 5.98. The van der Waals surface area contributed by atoms with Gasteiger partial charge in [0.2, 0.25) is 17.7 Å². The molecule has 2 aliphatic heterocycles. The SMILES string of the molecule is C[C@H](NC(=O)CN1CCOCC1)C(=O)N[C@@H](Cc1ccccn1)C(=O)NC(Cc1ccccc1)C(=O)[C@@]1(C)CO1. The number of morpholine rings is 1. The Morgan fingerprint density at radius 3 is 2.25 bits per heavy atom. The van der Waals surface area contributed by atoms with E-state index < -0.39 is 35.5 Å². The molecule has 1 aromatic heterocycles. The maximum Gasteiger partial charge on any atom is 0.243 e. The number of pyridine rings is 1. The van der Waals surface area contributed by atoms with Gasteiger partial charge in [-0.25, -0.2) is 0 Å². The number of nitrogens with zero attached hydrogens (tertiary/aromatic N) is 2. The van der Waals surface area contributed by atoms with E-state index in [0.717, 1.165) is 5.56 Å². The molecule has 1 unspecified atom stereocenters. The summed E-state index contributed by atoms with van der Waals surface area (Å²) in [5, 5.41) is 8.31. The van der Waals surface area contributed by atoms with Crippen molar-refractivity contribution >= 4 is 23.5 Å². The number of amides is 3. The second-order valence-electron chi connectivity index (χ2n) is 10.4. The van der Waals surface area contributed by atoms with Crippen LogP contribution in [0.3, 0.4) is 0 Å². The third-order valence-corrected chi connectivity index (χ3v) is 7.03. The van der Waals surface area contributed by atoms with Gasteiger partial charge in [0.1, 0.15) is 17.7 Å². The van der Waals surface area contributed by atoms with Gasteiger partial charge in [0.05, 0.1) is 32.4 Å². The van der Waals surface area contributed by atoms with Crippen LogP contribution in [0.2, 0.25) is 0 Å². The highest BCUT2D eigenvalue weighted by Gasteiger charge is 2.50. The second kappa shape index (κ2) is 13.6. The number of hydrogen-bond acceptors (Lipinski definition) is 8. The average Bonchev–Trinajstić information content (AvgIpc) is 3.71. The first-order valence-electron chi connectivity index (χ1n) is 13.6. The summed E-state index contributed by atoms with van der Waals surface area (Å²) >= 11 is 0. The van der Waals surface area contributed by atoms with E-state index in [1.54, 1.807) is 38.2 Å². The molecule has 4 rings (SSSR count). The molecule has 2 fully saturated rings. The largest absolute Gasteiger partial charge is 0.379 e. The number of hydrogen-bond donors (Lipinski definition) is 3. The van der Waals surface area contributed by atoms with Gasteiger partial charge in [0.15, 0.2) is 5.78 Å². The number of carbonyl (C=O) groups excluding carboxylic acids is 4. The summed E-state index contributed by atoms with van der Waals surface area (Å²) in [4.78, 5) is 58.7. The van der Waals surface area contributed by atoms with Crippen LogP contribution in [0.5, 0.6) is 0 Å². The van der Waals surface area contributed by atoms with Crippen molar-refractivity contribution in [2.24, 2.45) is 0 Å². The Kier molecular flexibility index (Phi) is 9.97. The first-order chi connectivity index (χ1) is 19.2. The van der Waals surface area contributed by atoms with Crippen LogP contribution in [0.15, 0.2) is 54.7 Å². The van der Waals surface area contributed by atoms with Crippen molar-refractivity contribution in [3.05, 3.63) is 66.0 Å². The molecule has 2 saturated heterocycles. The van der Waals surface area contributed by atoms with E-state index in [1.165, 1.54) is 0 Å². The summed E-state index contributed by atoms with van der Waals surface area (Å²) in [6, 6.07) is 11.9. The summed E-state index contributed by atoms with van der Waals surface area (Å²) in [6.45, 7) is 6.13. The summed E-state index contributed by atoms with van der Waals surface area (Å²) in [6.07, 6.45) is 1.99. The minimum atomic E-state index is -1.03. The Balaban J connectivity index is 1.44. The molecule has 40 heavy (non-hydrogen) atoms. The number of rotatable bonds is 13. The third kappa shape index (κ3) is 8.41. The van der Waals surface area contributed by atoms with Gasteiger partial charge in [0, 0.05) is 31.4 Å². The monoisotopic (exact) mass is 551 g/mol. The molecule has 11 heteroatoms. The zero-order chi connectivity index (χ0) is 28.5. The van der Waals surface area contributed by atoms with Crippen LogP contribution >= 0.6 is 0 Å². The number of benzene rings is 1. The first-order valence-corrected chi connectivity index (χ1v) is 13.6. The second-order valence-corrected chi connectivity index (χ2v) is 10.4. The highest BCUT2D eigenvalue weighted by Crippen LogP contribution is 2.29. The van der Waals surface area contributed by atoms with Crippen LogP contribution in [-0.2, 0) is 41.5 Å². The number of ether oxygens (including phenoxy) is 2. The van der Waals surface area contributed by atoms with Gasteiger partial charge >= 0.3 is 0 Å². The molecule has 3 amide bonds. The van der Waals surface area contributed by atoms with Crippen LogP contribution < -0.4 is 16.0 Å². The van der Waals surface area contributed by atoms with E-state index in [1.807, 2.05) is 35.2 Å². The first kappa shape index (κ1) is 29.3. The Bertz CT molecular complexity index is 1170. The lowest BCUT2D eigenvalue weighted by atomic mass is 9.94. The Hall–Kier alpha value is -3.67. The molecule has 2 aliphatic rings. The molecule has 214 valence electrons. The molecule has 3 heterocycles. The van der Waals surface area contributed by atoms with E-state index in [4.69, 9.17) is 9.47 Å². The summed E-state index contributed by atoms with van der Waals surface area (Å²) in [5.74, 6) is -1.56. The molecular formula is C29H37N5O6. The quantitative estimate of drug-likeness (QED) is 0.296. The number of ketones is 1. The fourth-order valence-electron chi connectivity index (χ4n) is 4.50. The molecule has 11 nitrogen and oxygen atoms in total. The molecular weight excluding hydrogens is 514 g/mol. The fourth-order valence-corrected chi connectivity index (χ4v) is 4.50. The van der Waals surface area contributed by atoms with E-state index >= 15 is 0 Å². The van der Waals surface area contributed by atoms with Crippen molar-refractivity contribution in [2.75, 3.05) is 39.5 Å². The molecule has 3 N–H and O–H groups in total. The van der Waals surface area contributed by atoms with Crippen molar-refractivity contribution in [3.63, 3.8) is 0 Å². The lowest BCUT2D eigenvalue weighted by Crippen LogP contribution is -2.57. The third-order valence-electron chi connectivity index (χ3n) is 7.03. The smallest absolute Gasteiger partial charge is 0.243 e. The molecule has 2 aromatic rings. The summed E-state index contributed by atoms with van der Waals surface area (Å²) in [5.41, 5.74) is 0.536. The minimum absolute atomic E-state index is 0.104. The topological polar surface area (TPSA) is 142 Å². The highest BCUT2D eigenvalue weighted by atomic mass is 16.6. The average molecular weight is 552 g/mol. The van der Waals surface area contributed by atoms with Gasteiger partial charge in [-0.05, 0) is 38.0 Å². The van der Waals surface area contributed by atoms with Crippen LogP contribution in [0.1, 0.15) is 25.1 Å². The van der Waals surface area contributed by atoms with E-state index in [-0.39, 0.29) is 31.1 Å². The molecule has 0 radical (unpaired) electrons. The summed E-state index contributed by atoms with van der Waals surface area (Å²) in [7, 11) is 0. The maximum absolute atomic E-state index is 13.6. The molecule has 0 aliphatic carbocycles. The maximum atomic E-state index is 13.6. The van der Waals surface area contributed by atoms with Crippen LogP contribution in [0.4, 0.5) is 0 Å². The van der Waals surface area contributed by atoms with Crippen molar-refractivity contribution in [1.29, 1.82) is 0 Å². The predicted octanol–water partition coefficient (Wildman–Crippen LogP) is 0.0313. The number of aromatic nitrogens is 1. The molecule has 4 atom stereocenters. The Morgan fingerprint density at radius 2 is 1.60 bits per heavy atom. The lowest BCUT2D eigenvalue weighted by molar-refractivity contribution is -0.134. The van der Waals surface area contributed by atoms with Crippen LogP contribution in [0.25, 0.3) is 0 Å². The number of Topliss-reactive ketones (excluding diaryl/α,β-unsaturated/α-hetero) is 1. The van der Waals surface area contributed by atoms with Crippen LogP contribution in [-0.4, -0.2) is 96.6 Å². The zero-order valence-corrected chi connectivity index (χ0v) is 22.9. The number of nitrogens with one attached hydrogen (secondary N) is 3. The van der Waals surface area contributed by atoms with Gasteiger partial charge in [-0.15, -0.1) is 0 Å². The Labute approximate surface area is 234 Å². The zero-order valence-electron chi connectivity index (χ0n) is 22.9. The summed E-state index contributed by atoms with van der Waals surface area (Å²) < 4.78 is 10.7. The molecule has 1 aromatic carbocycles. The molecule has 0 saturated carbocycles. The van der Waals surface area contributed by atoms with Gasteiger partial charge < -0.3 is 25.4 Å². The van der Waals surface area contributed by atoms with Crippen LogP contribution in [0, 0.1) is 0 Å². The normalized spacial score (nSPS) is 20.9. The van der Waals surface area contributed by atoms with Crippen molar-refractivity contribution in [2.45, 2.75) is 50.4 Å².